The van der Waals surface area contributed by atoms with E-state index < -0.39 is 0 Å². The van der Waals surface area contributed by atoms with Gasteiger partial charge in [-0.1, -0.05) is 0 Å². The standard InChI is InChI=1S/C13H19N5O/c1-10(12-16-15-9-17(12)7-8-19-2)18-6-5-14-13(18)11-3-4-11/h5-6,9-11H,3-4,7-8H2,1-2H3. The van der Waals surface area contributed by atoms with Crippen LogP contribution in [0, 0.1) is 0 Å². The Hall–Kier alpha value is -1.69. The van der Waals surface area contributed by atoms with Gasteiger partial charge in [0.2, 0.25) is 0 Å². The fourth-order valence-corrected chi connectivity index (χ4v) is 2.38. The zero-order valence-corrected chi connectivity index (χ0v) is 11.4. The Bertz CT molecular complexity index is 543. The van der Waals surface area contributed by atoms with E-state index in [4.69, 9.17) is 4.74 Å². The van der Waals surface area contributed by atoms with Gasteiger partial charge < -0.3 is 13.9 Å². The topological polar surface area (TPSA) is 57.8 Å². The van der Waals surface area contributed by atoms with Crippen molar-refractivity contribution < 1.29 is 4.74 Å². The van der Waals surface area contributed by atoms with Crippen molar-refractivity contribution in [3.8, 4) is 0 Å². The van der Waals surface area contributed by atoms with E-state index in [2.05, 4.69) is 26.7 Å². The van der Waals surface area contributed by atoms with Gasteiger partial charge in [0, 0.05) is 32.0 Å². The molecule has 2 heterocycles. The van der Waals surface area contributed by atoms with Crippen LogP contribution in [-0.4, -0.2) is 38.0 Å². The van der Waals surface area contributed by atoms with Crippen LogP contribution >= 0.6 is 0 Å². The number of ether oxygens (including phenoxy) is 1. The molecule has 3 rings (SSSR count). The monoisotopic (exact) mass is 261 g/mol. The van der Waals surface area contributed by atoms with Crippen LogP contribution in [0.4, 0.5) is 0 Å². The summed E-state index contributed by atoms with van der Waals surface area (Å²) < 4.78 is 9.38. The quantitative estimate of drug-likeness (QED) is 0.792. The Morgan fingerprint density at radius 3 is 3.05 bits per heavy atom. The van der Waals surface area contributed by atoms with Crippen LogP contribution in [0.15, 0.2) is 18.7 Å². The Balaban J connectivity index is 1.84. The third-order valence-electron chi connectivity index (χ3n) is 3.61. The third kappa shape index (κ3) is 2.40. The Morgan fingerprint density at radius 1 is 1.47 bits per heavy atom. The number of aromatic nitrogens is 5. The maximum atomic E-state index is 5.12. The van der Waals surface area contributed by atoms with E-state index in [-0.39, 0.29) is 6.04 Å². The van der Waals surface area contributed by atoms with Crippen LogP contribution in [0.25, 0.3) is 0 Å². The van der Waals surface area contributed by atoms with Gasteiger partial charge >= 0.3 is 0 Å². The molecule has 0 bridgehead atoms. The first-order chi connectivity index (χ1) is 9.31. The van der Waals surface area contributed by atoms with Crippen molar-refractivity contribution in [3.05, 3.63) is 30.4 Å². The Labute approximate surface area is 112 Å². The largest absolute Gasteiger partial charge is 0.383 e. The zero-order valence-electron chi connectivity index (χ0n) is 11.4. The third-order valence-corrected chi connectivity index (χ3v) is 3.61. The average Bonchev–Trinajstić information content (AvgIpc) is 2.98. The lowest BCUT2D eigenvalue weighted by molar-refractivity contribution is 0.185. The van der Waals surface area contributed by atoms with Gasteiger partial charge in [-0.15, -0.1) is 10.2 Å². The molecule has 0 radical (unpaired) electrons. The summed E-state index contributed by atoms with van der Waals surface area (Å²) in [7, 11) is 1.70. The summed E-state index contributed by atoms with van der Waals surface area (Å²) in [5, 5.41) is 8.27. The lowest BCUT2D eigenvalue weighted by Gasteiger charge is -2.16. The van der Waals surface area contributed by atoms with E-state index >= 15 is 0 Å². The van der Waals surface area contributed by atoms with Crippen molar-refractivity contribution in [3.63, 3.8) is 0 Å². The molecule has 0 amide bonds. The van der Waals surface area contributed by atoms with Crippen LogP contribution in [0.2, 0.25) is 0 Å². The van der Waals surface area contributed by atoms with E-state index in [1.54, 1.807) is 13.4 Å². The highest BCUT2D eigenvalue weighted by Gasteiger charge is 2.30. The number of methoxy groups -OCH3 is 1. The normalized spacial score (nSPS) is 16.7. The molecule has 1 saturated carbocycles. The van der Waals surface area contributed by atoms with Gasteiger partial charge in [0.1, 0.15) is 12.2 Å². The smallest absolute Gasteiger partial charge is 0.155 e. The summed E-state index contributed by atoms with van der Waals surface area (Å²) in [6.07, 6.45) is 8.17. The SMILES string of the molecule is COCCn1cnnc1C(C)n1ccnc1C1CC1. The summed E-state index contributed by atoms with van der Waals surface area (Å²) in [6.45, 7) is 3.58. The second kappa shape index (κ2) is 5.13. The summed E-state index contributed by atoms with van der Waals surface area (Å²) in [5.41, 5.74) is 0. The molecule has 1 aliphatic carbocycles. The van der Waals surface area contributed by atoms with Crippen molar-refractivity contribution in [1.29, 1.82) is 0 Å². The van der Waals surface area contributed by atoms with Gasteiger partial charge in [-0.05, 0) is 19.8 Å². The summed E-state index contributed by atoms with van der Waals surface area (Å²) in [4.78, 5) is 4.48. The van der Waals surface area contributed by atoms with Crippen LogP contribution < -0.4 is 0 Å². The van der Waals surface area contributed by atoms with Crippen molar-refractivity contribution in [2.75, 3.05) is 13.7 Å². The second-order valence-corrected chi connectivity index (χ2v) is 5.02. The number of hydrogen-bond acceptors (Lipinski definition) is 4. The van der Waals surface area contributed by atoms with Crippen molar-refractivity contribution in [2.45, 2.75) is 38.3 Å². The van der Waals surface area contributed by atoms with Gasteiger partial charge in [-0.2, -0.15) is 0 Å². The van der Waals surface area contributed by atoms with Crippen LogP contribution in [-0.2, 0) is 11.3 Å². The molecular formula is C13H19N5O. The molecule has 2 aromatic heterocycles. The van der Waals surface area contributed by atoms with Crippen molar-refractivity contribution >= 4 is 0 Å². The van der Waals surface area contributed by atoms with Gasteiger partial charge in [-0.3, -0.25) is 0 Å². The fraction of sp³-hybridized carbons (Fsp3) is 0.615. The van der Waals surface area contributed by atoms with Gasteiger partial charge in [0.15, 0.2) is 5.82 Å². The molecule has 0 N–H and O–H groups in total. The van der Waals surface area contributed by atoms with E-state index in [0.29, 0.717) is 12.5 Å². The van der Waals surface area contributed by atoms with Crippen LogP contribution in [0.1, 0.15) is 43.4 Å². The molecule has 1 aliphatic rings. The molecule has 0 aromatic carbocycles. The molecular weight excluding hydrogens is 242 g/mol. The Kier molecular flexibility index (Phi) is 3.33. The summed E-state index contributed by atoms with van der Waals surface area (Å²) in [5.74, 6) is 2.76. The molecule has 2 aromatic rings. The second-order valence-electron chi connectivity index (χ2n) is 5.02. The molecule has 6 nitrogen and oxygen atoms in total. The predicted octanol–water partition coefficient (Wildman–Crippen LogP) is 1.61. The molecule has 0 saturated heterocycles. The fourth-order valence-electron chi connectivity index (χ4n) is 2.38. The molecule has 6 heteroatoms. The van der Waals surface area contributed by atoms with E-state index in [1.165, 1.54) is 18.7 Å². The minimum atomic E-state index is 0.150. The highest BCUT2D eigenvalue weighted by atomic mass is 16.5. The number of hydrogen-bond donors (Lipinski definition) is 0. The predicted molar refractivity (Wildman–Crippen MR) is 69.9 cm³/mol. The van der Waals surface area contributed by atoms with Gasteiger partial charge in [0.25, 0.3) is 0 Å². The van der Waals surface area contributed by atoms with Crippen molar-refractivity contribution in [1.82, 2.24) is 24.3 Å². The molecule has 0 aliphatic heterocycles. The maximum Gasteiger partial charge on any atom is 0.155 e. The first kappa shape index (κ1) is 12.3. The Morgan fingerprint density at radius 2 is 2.32 bits per heavy atom. The lowest BCUT2D eigenvalue weighted by Crippen LogP contribution is -2.16. The number of rotatable bonds is 6. The minimum Gasteiger partial charge on any atom is -0.383 e. The van der Waals surface area contributed by atoms with Crippen molar-refractivity contribution in [2.24, 2.45) is 0 Å². The molecule has 1 fully saturated rings. The zero-order chi connectivity index (χ0) is 13.2. The molecule has 0 spiro atoms. The minimum absolute atomic E-state index is 0.150. The van der Waals surface area contributed by atoms with E-state index in [1.807, 2.05) is 17.0 Å². The first-order valence-corrected chi connectivity index (χ1v) is 6.70. The molecule has 1 unspecified atom stereocenters. The molecule has 1 atom stereocenters. The van der Waals surface area contributed by atoms with E-state index in [9.17, 15) is 0 Å². The highest BCUT2D eigenvalue weighted by molar-refractivity contribution is 5.11. The summed E-state index contributed by atoms with van der Waals surface area (Å²) >= 11 is 0. The van der Waals surface area contributed by atoms with Crippen LogP contribution in [0.5, 0.6) is 0 Å². The van der Waals surface area contributed by atoms with Crippen LogP contribution in [0.3, 0.4) is 0 Å². The average molecular weight is 261 g/mol. The van der Waals surface area contributed by atoms with E-state index in [0.717, 1.165) is 12.4 Å². The lowest BCUT2D eigenvalue weighted by atomic mass is 10.2. The number of imidazole rings is 1. The maximum absolute atomic E-state index is 5.12. The molecule has 102 valence electrons. The van der Waals surface area contributed by atoms with Gasteiger partial charge in [-0.25, -0.2) is 4.98 Å². The summed E-state index contributed by atoms with van der Waals surface area (Å²) in [6, 6.07) is 0.150. The van der Waals surface area contributed by atoms with Gasteiger partial charge in [0.05, 0.1) is 12.6 Å². The number of nitrogens with zero attached hydrogens (tertiary/aromatic N) is 5. The highest BCUT2D eigenvalue weighted by Crippen LogP contribution is 2.40. The molecule has 19 heavy (non-hydrogen) atoms. The first-order valence-electron chi connectivity index (χ1n) is 6.70.